The van der Waals surface area contributed by atoms with Gasteiger partial charge in [-0.15, -0.1) is 6.58 Å². The Bertz CT molecular complexity index is 992. The molecule has 2 aromatic rings. The highest BCUT2D eigenvalue weighted by molar-refractivity contribution is 14.1. The molecule has 1 fully saturated rings. The Morgan fingerprint density at radius 2 is 2.03 bits per heavy atom. The number of methoxy groups -OCH3 is 1. The van der Waals surface area contributed by atoms with Crippen molar-refractivity contribution < 1.29 is 14.3 Å². The first-order valence-electron chi connectivity index (χ1n) is 8.54. The van der Waals surface area contributed by atoms with E-state index in [0.29, 0.717) is 38.9 Å². The summed E-state index contributed by atoms with van der Waals surface area (Å²) < 4.78 is 12.9. The number of amides is 1. The molecule has 1 aliphatic heterocycles. The second kappa shape index (κ2) is 9.97. The van der Waals surface area contributed by atoms with E-state index in [-0.39, 0.29) is 5.91 Å². The third-order valence-electron chi connectivity index (χ3n) is 4.03. The maximum absolute atomic E-state index is 12.5. The molecule has 1 saturated heterocycles. The Kier molecular flexibility index (Phi) is 7.61. The molecule has 0 atom stereocenters. The van der Waals surface area contributed by atoms with Crippen molar-refractivity contribution in [3.8, 4) is 11.5 Å². The highest BCUT2D eigenvalue weighted by atomic mass is 127. The van der Waals surface area contributed by atoms with Gasteiger partial charge in [-0.3, -0.25) is 9.69 Å². The Morgan fingerprint density at radius 1 is 1.31 bits per heavy atom. The fourth-order valence-electron chi connectivity index (χ4n) is 2.64. The van der Waals surface area contributed by atoms with E-state index in [4.69, 9.17) is 33.3 Å². The number of ether oxygens (including phenoxy) is 2. The minimum Gasteiger partial charge on any atom is -0.493 e. The van der Waals surface area contributed by atoms with Crippen molar-refractivity contribution in [2.45, 2.75) is 6.61 Å². The van der Waals surface area contributed by atoms with E-state index < -0.39 is 0 Å². The summed E-state index contributed by atoms with van der Waals surface area (Å²) in [6, 6.07) is 11.3. The average Bonchev–Trinajstić information content (AvgIpc) is 2.96. The summed E-state index contributed by atoms with van der Waals surface area (Å²) in [4.78, 5) is 14.6. The number of halogens is 2. The van der Waals surface area contributed by atoms with Crippen LogP contribution in [0.5, 0.6) is 11.5 Å². The highest BCUT2D eigenvalue weighted by Crippen LogP contribution is 2.37. The predicted molar refractivity (Wildman–Crippen MR) is 132 cm³/mol. The molecule has 2 aromatic carbocycles. The maximum atomic E-state index is 12.5. The summed E-state index contributed by atoms with van der Waals surface area (Å²) in [6.07, 6.45) is 3.47. The standard InChI is InChI=1S/C21H17ClINO3S2/c1-3-8-24-20(25)18(29-21(24)28)11-14-9-16(23)19(17(10-14)26-2)27-12-13-4-6-15(22)7-5-13/h3-7,9-11H,1,8,12H2,2H3/b18-11-. The number of thiocarbonyl (C=S) groups is 1. The molecule has 8 heteroatoms. The maximum Gasteiger partial charge on any atom is 0.266 e. The molecule has 0 aliphatic carbocycles. The second-order valence-corrected chi connectivity index (χ2v) is 9.30. The number of benzene rings is 2. The molecule has 0 bridgehead atoms. The molecule has 29 heavy (non-hydrogen) atoms. The monoisotopic (exact) mass is 557 g/mol. The molecule has 0 radical (unpaired) electrons. The van der Waals surface area contributed by atoms with Crippen LogP contribution in [0.3, 0.4) is 0 Å². The van der Waals surface area contributed by atoms with E-state index in [1.165, 1.54) is 16.7 Å². The third kappa shape index (κ3) is 5.33. The van der Waals surface area contributed by atoms with Crippen LogP contribution in [-0.2, 0) is 11.4 Å². The smallest absolute Gasteiger partial charge is 0.266 e. The summed E-state index contributed by atoms with van der Waals surface area (Å²) in [5.41, 5.74) is 1.84. The average molecular weight is 558 g/mol. The molecule has 150 valence electrons. The van der Waals surface area contributed by atoms with E-state index in [0.717, 1.165) is 14.7 Å². The largest absolute Gasteiger partial charge is 0.493 e. The fourth-order valence-corrected chi connectivity index (χ4v) is 4.82. The molecule has 0 spiro atoms. The second-order valence-electron chi connectivity index (χ2n) is 6.03. The summed E-state index contributed by atoms with van der Waals surface area (Å²) in [6.45, 7) is 4.46. The van der Waals surface area contributed by atoms with Gasteiger partial charge in [0.25, 0.3) is 5.91 Å². The molecule has 0 unspecified atom stereocenters. The van der Waals surface area contributed by atoms with E-state index in [1.54, 1.807) is 13.2 Å². The van der Waals surface area contributed by atoms with Crippen LogP contribution in [0, 0.1) is 3.57 Å². The molecule has 1 heterocycles. The topological polar surface area (TPSA) is 38.8 Å². The van der Waals surface area contributed by atoms with Crippen molar-refractivity contribution in [1.29, 1.82) is 0 Å². The lowest BCUT2D eigenvalue weighted by Gasteiger charge is -2.14. The molecular formula is C21H17ClINO3S2. The van der Waals surface area contributed by atoms with Crippen LogP contribution >= 0.6 is 58.2 Å². The van der Waals surface area contributed by atoms with Gasteiger partial charge in [0.15, 0.2) is 11.5 Å². The third-order valence-corrected chi connectivity index (χ3v) is 6.46. The zero-order chi connectivity index (χ0) is 21.0. The van der Waals surface area contributed by atoms with Gasteiger partial charge < -0.3 is 9.47 Å². The van der Waals surface area contributed by atoms with Crippen molar-refractivity contribution in [2.24, 2.45) is 0 Å². The van der Waals surface area contributed by atoms with Crippen molar-refractivity contribution >= 4 is 74.5 Å². The van der Waals surface area contributed by atoms with Crippen LogP contribution in [0.1, 0.15) is 11.1 Å². The van der Waals surface area contributed by atoms with Crippen molar-refractivity contribution in [3.63, 3.8) is 0 Å². The zero-order valence-electron chi connectivity index (χ0n) is 15.5. The van der Waals surface area contributed by atoms with Gasteiger partial charge >= 0.3 is 0 Å². The van der Waals surface area contributed by atoms with Crippen LogP contribution in [0.25, 0.3) is 6.08 Å². The molecule has 0 saturated carbocycles. The molecular weight excluding hydrogens is 541 g/mol. The van der Waals surface area contributed by atoms with Gasteiger partial charge in [0.05, 0.1) is 15.6 Å². The Balaban J connectivity index is 1.83. The molecule has 1 aliphatic rings. The summed E-state index contributed by atoms with van der Waals surface area (Å²) >= 11 is 14.7. The zero-order valence-corrected chi connectivity index (χ0v) is 20.0. The van der Waals surface area contributed by atoms with E-state index in [1.807, 2.05) is 42.5 Å². The molecule has 0 aromatic heterocycles. The Morgan fingerprint density at radius 3 is 2.69 bits per heavy atom. The van der Waals surface area contributed by atoms with Crippen LogP contribution in [0.15, 0.2) is 54.0 Å². The normalized spacial score (nSPS) is 15.1. The van der Waals surface area contributed by atoms with Gasteiger partial charge in [-0.2, -0.15) is 0 Å². The van der Waals surface area contributed by atoms with Gasteiger partial charge in [0.1, 0.15) is 10.9 Å². The first kappa shape index (κ1) is 22.1. The number of rotatable bonds is 7. The molecule has 1 amide bonds. The minimum absolute atomic E-state index is 0.114. The van der Waals surface area contributed by atoms with Gasteiger partial charge in [-0.1, -0.05) is 53.8 Å². The van der Waals surface area contributed by atoms with E-state index >= 15 is 0 Å². The lowest BCUT2D eigenvalue weighted by molar-refractivity contribution is -0.121. The van der Waals surface area contributed by atoms with Gasteiger partial charge in [0, 0.05) is 11.6 Å². The Hall–Kier alpha value is -1.55. The van der Waals surface area contributed by atoms with Crippen molar-refractivity contribution in [1.82, 2.24) is 4.90 Å². The van der Waals surface area contributed by atoms with Crippen molar-refractivity contribution in [2.75, 3.05) is 13.7 Å². The Labute approximate surface area is 198 Å². The highest BCUT2D eigenvalue weighted by Gasteiger charge is 2.31. The molecule has 0 N–H and O–H groups in total. The number of nitrogens with zero attached hydrogens (tertiary/aromatic N) is 1. The number of hydrogen-bond acceptors (Lipinski definition) is 5. The number of carbonyl (C=O) groups is 1. The molecule has 3 rings (SSSR count). The van der Waals surface area contributed by atoms with Crippen LogP contribution in [0.4, 0.5) is 0 Å². The molecule has 4 nitrogen and oxygen atoms in total. The van der Waals surface area contributed by atoms with E-state index in [2.05, 4.69) is 29.2 Å². The first-order valence-corrected chi connectivity index (χ1v) is 11.2. The lowest BCUT2D eigenvalue weighted by atomic mass is 10.1. The number of hydrogen-bond donors (Lipinski definition) is 0. The predicted octanol–water partition coefficient (Wildman–Crippen LogP) is 5.92. The first-order chi connectivity index (χ1) is 13.9. The van der Waals surface area contributed by atoms with Crippen LogP contribution in [0.2, 0.25) is 5.02 Å². The number of carbonyl (C=O) groups excluding carboxylic acids is 1. The quantitative estimate of drug-likeness (QED) is 0.183. The van der Waals surface area contributed by atoms with E-state index in [9.17, 15) is 4.79 Å². The summed E-state index contributed by atoms with van der Waals surface area (Å²) in [5.74, 6) is 1.13. The van der Waals surface area contributed by atoms with Crippen LogP contribution in [-0.4, -0.2) is 28.8 Å². The number of thioether (sulfide) groups is 1. The minimum atomic E-state index is -0.114. The fraction of sp³-hybridized carbons (Fsp3) is 0.143. The van der Waals surface area contributed by atoms with Gasteiger partial charge in [0.2, 0.25) is 0 Å². The SMILES string of the molecule is C=CCN1C(=O)/C(=C/c2cc(I)c(OCc3ccc(Cl)cc3)c(OC)c2)SC1=S. The summed E-state index contributed by atoms with van der Waals surface area (Å²) in [7, 11) is 1.59. The lowest BCUT2D eigenvalue weighted by Crippen LogP contribution is -2.27. The van der Waals surface area contributed by atoms with Gasteiger partial charge in [-0.25, -0.2) is 0 Å². The van der Waals surface area contributed by atoms with Crippen LogP contribution < -0.4 is 9.47 Å². The van der Waals surface area contributed by atoms with Gasteiger partial charge in [-0.05, 0) is 64.1 Å². The van der Waals surface area contributed by atoms with Crippen molar-refractivity contribution in [3.05, 3.63) is 73.7 Å². The summed E-state index contributed by atoms with van der Waals surface area (Å²) in [5, 5.41) is 0.684.